The third kappa shape index (κ3) is 2.67. The minimum atomic E-state index is -1.02. The van der Waals surface area contributed by atoms with Crippen LogP contribution in [0, 0.1) is 5.82 Å². The molecule has 0 amide bonds. The molecule has 0 saturated heterocycles. The molecular formula is C20H14FNO4S. The Hall–Kier alpha value is -3.19. The molecule has 1 aromatic heterocycles. The summed E-state index contributed by atoms with van der Waals surface area (Å²) in [5, 5.41) is 0.672. The van der Waals surface area contributed by atoms with Gasteiger partial charge in [-0.3, -0.25) is 4.79 Å². The number of fused-ring (bicyclic) bond motifs is 3. The Kier molecular flexibility index (Phi) is 4.16. The van der Waals surface area contributed by atoms with Crippen molar-refractivity contribution in [2.75, 3.05) is 7.11 Å². The molecule has 2 N–H and O–H groups in total. The highest BCUT2D eigenvalue weighted by atomic mass is 32.1. The monoisotopic (exact) mass is 383 g/mol. The number of methoxy groups -OCH3 is 1. The number of ether oxygens (including phenoxy) is 2. The van der Waals surface area contributed by atoms with Crippen molar-refractivity contribution in [1.82, 2.24) is 0 Å². The standard InChI is InChI=1S/C20H14FNO4S/c1-25-19(23)16-14(10-6-2-4-8-12(10)21)15-17(26-18(16)22)11-7-3-5-9-13(11)27-20(15)24/h2-9,14H,22H2,1H3/t14-/m0/s1. The van der Waals surface area contributed by atoms with E-state index in [2.05, 4.69) is 0 Å². The maximum absolute atomic E-state index is 14.6. The van der Waals surface area contributed by atoms with Crippen molar-refractivity contribution in [2.45, 2.75) is 5.92 Å². The molecule has 0 aliphatic carbocycles. The average molecular weight is 383 g/mol. The molecule has 2 heterocycles. The van der Waals surface area contributed by atoms with Gasteiger partial charge in [-0.1, -0.05) is 41.7 Å². The molecule has 7 heteroatoms. The summed E-state index contributed by atoms with van der Waals surface area (Å²) in [7, 11) is 1.19. The van der Waals surface area contributed by atoms with Crippen LogP contribution in [-0.2, 0) is 9.53 Å². The van der Waals surface area contributed by atoms with Gasteiger partial charge in [-0.05, 0) is 18.2 Å². The summed E-state index contributed by atoms with van der Waals surface area (Å²) >= 11 is 1.01. The minimum Gasteiger partial charge on any atom is -0.465 e. The Balaban J connectivity index is 2.11. The van der Waals surface area contributed by atoms with E-state index in [9.17, 15) is 14.0 Å². The molecule has 0 saturated carbocycles. The van der Waals surface area contributed by atoms with Gasteiger partial charge in [-0.25, -0.2) is 9.18 Å². The Morgan fingerprint density at radius 1 is 1.19 bits per heavy atom. The van der Waals surface area contributed by atoms with Crippen molar-refractivity contribution in [3.63, 3.8) is 0 Å². The van der Waals surface area contributed by atoms with Crippen molar-refractivity contribution in [3.8, 4) is 5.75 Å². The fourth-order valence-electron chi connectivity index (χ4n) is 3.29. The van der Waals surface area contributed by atoms with E-state index in [1.54, 1.807) is 30.3 Å². The first-order chi connectivity index (χ1) is 13.0. The molecule has 1 atom stereocenters. The molecule has 1 aliphatic rings. The minimum absolute atomic E-state index is 0.0883. The van der Waals surface area contributed by atoms with Crippen LogP contribution < -0.4 is 15.2 Å². The lowest BCUT2D eigenvalue weighted by Gasteiger charge is -2.28. The molecule has 1 aliphatic heterocycles. The van der Waals surface area contributed by atoms with Crippen molar-refractivity contribution in [2.24, 2.45) is 5.73 Å². The van der Waals surface area contributed by atoms with Gasteiger partial charge >= 0.3 is 5.97 Å². The number of halogens is 1. The number of nitrogens with two attached hydrogens (primary N) is 1. The lowest BCUT2D eigenvalue weighted by Crippen LogP contribution is -2.30. The number of hydrogen-bond acceptors (Lipinski definition) is 6. The molecule has 0 bridgehead atoms. The van der Waals surface area contributed by atoms with Gasteiger partial charge in [0, 0.05) is 15.6 Å². The molecule has 3 aromatic rings. The average Bonchev–Trinajstić information content (AvgIpc) is 2.67. The SMILES string of the molecule is COC(=O)C1=C(N)Oc2c(c(=O)sc3ccccc23)[C@@H]1c1ccccc1F. The fraction of sp³-hybridized carbons (Fsp3) is 0.100. The first-order valence-corrected chi connectivity index (χ1v) is 8.90. The van der Waals surface area contributed by atoms with Gasteiger partial charge in [-0.2, -0.15) is 0 Å². The summed E-state index contributed by atoms with van der Waals surface area (Å²) in [6.07, 6.45) is 0. The van der Waals surface area contributed by atoms with Crippen LogP contribution in [0.4, 0.5) is 4.39 Å². The van der Waals surface area contributed by atoms with Crippen LogP contribution in [0.5, 0.6) is 5.75 Å². The third-order valence-corrected chi connectivity index (χ3v) is 5.46. The van der Waals surface area contributed by atoms with Gasteiger partial charge in [0.1, 0.15) is 17.1 Å². The number of hydrogen-bond donors (Lipinski definition) is 1. The second-order valence-electron chi connectivity index (χ2n) is 5.95. The second kappa shape index (κ2) is 6.51. The molecular weight excluding hydrogens is 369 g/mol. The predicted molar refractivity (Wildman–Crippen MR) is 100 cm³/mol. The maximum Gasteiger partial charge on any atom is 0.340 e. The molecule has 5 nitrogen and oxygen atoms in total. The van der Waals surface area contributed by atoms with E-state index in [4.69, 9.17) is 15.2 Å². The van der Waals surface area contributed by atoms with Crippen LogP contribution in [0.2, 0.25) is 0 Å². The molecule has 0 spiro atoms. The zero-order valence-corrected chi connectivity index (χ0v) is 15.0. The smallest absolute Gasteiger partial charge is 0.340 e. The Labute approximate surface area is 157 Å². The van der Waals surface area contributed by atoms with E-state index in [1.807, 2.05) is 0 Å². The summed E-state index contributed by atoms with van der Waals surface area (Å²) in [5.41, 5.74) is 6.27. The topological polar surface area (TPSA) is 78.6 Å². The van der Waals surface area contributed by atoms with Gasteiger partial charge in [0.2, 0.25) is 10.6 Å². The van der Waals surface area contributed by atoms with Crippen molar-refractivity contribution < 1.29 is 18.7 Å². The number of carbonyl (C=O) groups excluding carboxylic acids is 1. The zero-order valence-electron chi connectivity index (χ0n) is 14.2. The highest BCUT2D eigenvalue weighted by Crippen LogP contribution is 2.45. The van der Waals surface area contributed by atoms with E-state index in [1.165, 1.54) is 25.3 Å². The highest BCUT2D eigenvalue weighted by Gasteiger charge is 2.39. The molecule has 27 heavy (non-hydrogen) atoms. The number of carbonyl (C=O) groups is 1. The normalized spacial score (nSPS) is 16.0. The quantitative estimate of drug-likeness (QED) is 0.687. The van der Waals surface area contributed by atoms with Gasteiger partial charge in [0.15, 0.2) is 0 Å². The number of esters is 1. The summed E-state index contributed by atoms with van der Waals surface area (Å²) in [4.78, 5) is 25.3. The van der Waals surface area contributed by atoms with Gasteiger partial charge in [-0.15, -0.1) is 0 Å². The third-order valence-electron chi connectivity index (χ3n) is 4.48. The van der Waals surface area contributed by atoms with Gasteiger partial charge in [0.05, 0.1) is 18.6 Å². The van der Waals surface area contributed by atoms with Crippen LogP contribution in [0.25, 0.3) is 10.1 Å². The van der Waals surface area contributed by atoms with E-state index in [0.717, 1.165) is 11.3 Å². The molecule has 0 fully saturated rings. The number of benzene rings is 2. The Bertz CT molecular complexity index is 1170. The zero-order chi connectivity index (χ0) is 19.1. The summed E-state index contributed by atoms with van der Waals surface area (Å²) in [5.74, 6) is -2.31. The predicted octanol–water partition coefficient (Wildman–Crippen LogP) is 3.27. The molecule has 136 valence electrons. The Morgan fingerprint density at radius 2 is 1.89 bits per heavy atom. The van der Waals surface area contributed by atoms with Crippen molar-refractivity contribution in [1.29, 1.82) is 0 Å². The van der Waals surface area contributed by atoms with Crippen LogP contribution >= 0.6 is 11.3 Å². The van der Waals surface area contributed by atoms with E-state index in [-0.39, 0.29) is 33.1 Å². The molecule has 0 radical (unpaired) electrons. The fourth-order valence-corrected chi connectivity index (χ4v) is 4.23. The van der Waals surface area contributed by atoms with E-state index >= 15 is 0 Å². The largest absolute Gasteiger partial charge is 0.465 e. The Morgan fingerprint density at radius 3 is 2.63 bits per heavy atom. The summed E-state index contributed by atoms with van der Waals surface area (Å²) in [6, 6.07) is 13.1. The first kappa shape index (κ1) is 17.2. The lowest BCUT2D eigenvalue weighted by atomic mass is 9.83. The second-order valence-corrected chi connectivity index (χ2v) is 6.97. The van der Waals surface area contributed by atoms with Gasteiger partial charge in [0.25, 0.3) is 0 Å². The molecule has 0 unspecified atom stereocenters. The molecule has 2 aromatic carbocycles. The molecule has 4 rings (SSSR count). The highest BCUT2D eigenvalue weighted by molar-refractivity contribution is 7.16. The van der Waals surface area contributed by atoms with Crippen LogP contribution in [0.15, 0.2) is 64.8 Å². The van der Waals surface area contributed by atoms with Crippen molar-refractivity contribution in [3.05, 3.63) is 86.5 Å². The van der Waals surface area contributed by atoms with E-state index in [0.29, 0.717) is 10.1 Å². The number of rotatable bonds is 2. The van der Waals surface area contributed by atoms with Crippen LogP contribution in [0.3, 0.4) is 0 Å². The van der Waals surface area contributed by atoms with Crippen LogP contribution in [-0.4, -0.2) is 13.1 Å². The first-order valence-electron chi connectivity index (χ1n) is 8.09. The van der Waals surface area contributed by atoms with Crippen LogP contribution in [0.1, 0.15) is 17.0 Å². The lowest BCUT2D eigenvalue weighted by molar-refractivity contribution is -0.136. The van der Waals surface area contributed by atoms with E-state index < -0.39 is 17.7 Å². The maximum atomic E-state index is 14.6. The summed E-state index contributed by atoms with van der Waals surface area (Å²) < 4.78 is 25.5. The summed E-state index contributed by atoms with van der Waals surface area (Å²) in [6.45, 7) is 0. The van der Waals surface area contributed by atoms with Crippen molar-refractivity contribution >= 4 is 27.4 Å². The van der Waals surface area contributed by atoms with Gasteiger partial charge < -0.3 is 15.2 Å².